The van der Waals surface area contributed by atoms with E-state index in [1.807, 2.05) is 13.0 Å². The average Bonchev–Trinajstić information content (AvgIpc) is 2.76. The van der Waals surface area contributed by atoms with Crippen molar-refractivity contribution in [3.8, 4) is 0 Å². The van der Waals surface area contributed by atoms with Crippen LogP contribution >= 0.6 is 23.2 Å². The normalized spacial score (nSPS) is 24.9. The van der Waals surface area contributed by atoms with Gasteiger partial charge in [-0.3, -0.25) is 0 Å². The summed E-state index contributed by atoms with van der Waals surface area (Å²) in [7, 11) is 1.38. The number of methoxy groups -OCH3 is 1. The van der Waals surface area contributed by atoms with Crippen molar-refractivity contribution in [3.63, 3.8) is 0 Å². The van der Waals surface area contributed by atoms with E-state index >= 15 is 0 Å². The molecule has 0 spiro atoms. The van der Waals surface area contributed by atoms with Gasteiger partial charge < -0.3 is 4.74 Å². The van der Waals surface area contributed by atoms with Gasteiger partial charge in [0.25, 0.3) is 0 Å². The Balaban J connectivity index is 2.31. The molecule has 1 rings (SSSR count). The molecule has 1 fully saturated rings. The molecular weight excluding hydrogens is 307 g/mol. The predicted octanol–water partition coefficient (Wildman–Crippen LogP) is 5.30. The summed E-state index contributed by atoms with van der Waals surface area (Å²) in [5.41, 5.74) is 0.934. The molecule has 2 atom stereocenters. The zero-order valence-electron chi connectivity index (χ0n) is 13.6. The number of hydrogen-bond acceptors (Lipinski definition) is 2. The molecular formula is C17H26Cl2O2. The maximum atomic E-state index is 11.1. The van der Waals surface area contributed by atoms with Crippen LogP contribution in [-0.4, -0.2) is 17.4 Å². The summed E-state index contributed by atoms with van der Waals surface area (Å²) in [6.45, 7) is 8.37. The van der Waals surface area contributed by atoms with Crippen LogP contribution in [0.4, 0.5) is 0 Å². The summed E-state index contributed by atoms with van der Waals surface area (Å²) in [5.74, 6) is 0.648. The molecule has 1 aliphatic rings. The van der Waals surface area contributed by atoms with Gasteiger partial charge in [0.05, 0.1) is 7.11 Å². The highest BCUT2D eigenvalue weighted by Gasteiger charge is 2.69. The van der Waals surface area contributed by atoms with Gasteiger partial charge in [-0.15, -0.1) is 23.2 Å². The van der Waals surface area contributed by atoms with Crippen molar-refractivity contribution in [2.24, 2.45) is 17.3 Å². The number of rotatable bonds is 7. The van der Waals surface area contributed by atoms with Crippen molar-refractivity contribution >= 4 is 29.2 Å². The highest BCUT2D eigenvalue weighted by atomic mass is 35.5. The Hall–Kier alpha value is -0.470. The third-order valence-electron chi connectivity index (χ3n) is 4.50. The van der Waals surface area contributed by atoms with Gasteiger partial charge >= 0.3 is 5.97 Å². The monoisotopic (exact) mass is 332 g/mol. The van der Waals surface area contributed by atoms with Gasteiger partial charge in [0.1, 0.15) is 4.33 Å². The topological polar surface area (TPSA) is 26.3 Å². The van der Waals surface area contributed by atoms with Crippen molar-refractivity contribution in [2.45, 2.75) is 51.3 Å². The summed E-state index contributed by atoms with van der Waals surface area (Å²) in [4.78, 5) is 11.1. The van der Waals surface area contributed by atoms with E-state index < -0.39 is 4.33 Å². The minimum Gasteiger partial charge on any atom is -0.466 e. The molecule has 1 aliphatic carbocycles. The molecule has 0 aliphatic heterocycles. The number of ether oxygens (including phenoxy) is 1. The fourth-order valence-corrected chi connectivity index (χ4v) is 3.57. The van der Waals surface area contributed by atoms with Crippen LogP contribution in [0.25, 0.3) is 0 Å². The quantitative estimate of drug-likeness (QED) is 0.274. The third kappa shape index (κ3) is 4.75. The Bertz CT molecular complexity index is 422. The van der Waals surface area contributed by atoms with Crippen LogP contribution in [0.15, 0.2) is 23.8 Å². The number of hydrogen-bond donors (Lipinski definition) is 0. The largest absolute Gasteiger partial charge is 0.466 e. The standard InChI is InChI=1S/C17H26Cl2O2/c1-12(7-6-8-13(2)11-15(20)21-5)9-10-14-16(3,4)17(14,18)19/h6,8,11-12,14H,7,9-10H2,1-5H3/b8-6+,13-11+. The van der Waals surface area contributed by atoms with Gasteiger partial charge in [0.2, 0.25) is 0 Å². The van der Waals surface area contributed by atoms with E-state index in [4.69, 9.17) is 23.2 Å². The molecule has 0 bridgehead atoms. The van der Waals surface area contributed by atoms with Crippen LogP contribution in [0.3, 0.4) is 0 Å². The van der Waals surface area contributed by atoms with Gasteiger partial charge in [-0.2, -0.15) is 0 Å². The van der Waals surface area contributed by atoms with E-state index in [0.717, 1.165) is 24.8 Å². The molecule has 4 heteroatoms. The lowest BCUT2D eigenvalue weighted by Crippen LogP contribution is -1.97. The van der Waals surface area contributed by atoms with Crippen LogP contribution in [0.5, 0.6) is 0 Å². The number of esters is 1. The van der Waals surface area contributed by atoms with E-state index in [1.54, 1.807) is 0 Å². The maximum Gasteiger partial charge on any atom is 0.330 e. The Morgan fingerprint density at radius 2 is 1.95 bits per heavy atom. The second kappa shape index (κ2) is 7.19. The molecule has 0 aromatic heterocycles. The van der Waals surface area contributed by atoms with E-state index in [9.17, 15) is 4.79 Å². The van der Waals surface area contributed by atoms with Gasteiger partial charge in [0, 0.05) is 17.4 Å². The molecule has 0 saturated heterocycles. The second-order valence-electron chi connectivity index (χ2n) is 6.63. The first kappa shape index (κ1) is 18.6. The molecule has 2 unspecified atom stereocenters. The van der Waals surface area contributed by atoms with Crippen molar-refractivity contribution in [1.29, 1.82) is 0 Å². The highest BCUT2D eigenvalue weighted by molar-refractivity contribution is 6.51. The first-order valence-corrected chi connectivity index (χ1v) is 8.19. The zero-order chi connectivity index (χ0) is 16.3. The summed E-state index contributed by atoms with van der Waals surface area (Å²) < 4.78 is 4.03. The summed E-state index contributed by atoms with van der Waals surface area (Å²) in [5, 5.41) is 0. The molecule has 120 valence electrons. The molecule has 0 heterocycles. The average molecular weight is 333 g/mol. The van der Waals surface area contributed by atoms with Gasteiger partial charge in [-0.05, 0) is 31.3 Å². The minimum absolute atomic E-state index is 0.0332. The Labute approximate surface area is 138 Å². The molecule has 0 aromatic carbocycles. The third-order valence-corrected chi connectivity index (χ3v) is 6.00. The van der Waals surface area contributed by atoms with Crippen molar-refractivity contribution in [2.75, 3.05) is 7.11 Å². The van der Waals surface area contributed by atoms with Crippen LogP contribution in [0, 0.1) is 17.3 Å². The number of carbonyl (C=O) groups excluding carboxylic acids is 1. The van der Waals surface area contributed by atoms with Gasteiger partial charge in [0.15, 0.2) is 0 Å². The van der Waals surface area contributed by atoms with Crippen LogP contribution < -0.4 is 0 Å². The zero-order valence-corrected chi connectivity index (χ0v) is 15.1. The predicted molar refractivity (Wildman–Crippen MR) is 89.6 cm³/mol. The summed E-state index contributed by atoms with van der Waals surface area (Å²) >= 11 is 12.6. The van der Waals surface area contributed by atoms with Crippen molar-refractivity contribution in [3.05, 3.63) is 23.8 Å². The van der Waals surface area contributed by atoms with Crippen LogP contribution in [-0.2, 0) is 9.53 Å². The maximum absolute atomic E-state index is 11.1. The first-order chi connectivity index (χ1) is 9.62. The lowest BCUT2D eigenvalue weighted by molar-refractivity contribution is -0.134. The van der Waals surface area contributed by atoms with E-state index in [-0.39, 0.29) is 11.4 Å². The van der Waals surface area contributed by atoms with Crippen LogP contribution in [0.2, 0.25) is 0 Å². The summed E-state index contributed by atoms with van der Waals surface area (Å²) in [6.07, 6.45) is 8.71. The Kier molecular flexibility index (Phi) is 6.36. The van der Waals surface area contributed by atoms with E-state index in [0.29, 0.717) is 11.8 Å². The molecule has 0 N–H and O–H groups in total. The molecule has 0 amide bonds. The SMILES string of the molecule is COC(=O)/C=C(C)/C=C/CC(C)CCC1C(C)(C)C1(Cl)Cl. The van der Waals surface area contributed by atoms with Crippen molar-refractivity contribution in [1.82, 2.24) is 0 Å². The smallest absolute Gasteiger partial charge is 0.330 e. The Morgan fingerprint density at radius 3 is 2.43 bits per heavy atom. The first-order valence-electron chi connectivity index (χ1n) is 7.43. The fourth-order valence-electron chi connectivity index (χ4n) is 2.65. The van der Waals surface area contributed by atoms with Crippen LogP contribution in [0.1, 0.15) is 47.0 Å². The molecule has 2 nitrogen and oxygen atoms in total. The summed E-state index contributed by atoms with van der Waals surface area (Å²) in [6, 6.07) is 0. The van der Waals surface area contributed by atoms with Crippen molar-refractivity contribution < 1.29 is 9.53 Å². The number of alkyl halides is 2. The van der Waals surface area contributed by atoms with E-state index in [1.165, 1.54) is 13.2 Å². The Morgan fingerprint density at radius 1 is 1.38 bits per heavy atom. The minimum atomic E-state index is -0.553. The highest BCUT2D eigenvalue weighted by Crippen LogP contribution is 2.70. The lowest BCUT2D eigenvalue weighted by atomic mass is 9.97. The lowest BCUT2D eigenvalue weighted by Gasteiger charge is -2.08. The molecule has 0 aromatic rings. The molecule has 0 radical (unpaired) electrons. The van der Waals surface area contributed by atoms with Gasteiger partial charge in [-0.25, -0.2) is 4.79 Å². The number of carbonyl (C=O) groups is 1. The molecule has 21 heavy (non-hydrogen) atoms. The number of allylic oxidation sites excluding steroid dienone is 3. The molecule has 1 saturated carbocycles. The number of halogens is 2. The van der Waals surface area contributed by atoms with Gasteiger partial charge in [-0.1, -0.05) is 39.3 Å². The van der Waals surface area contributed by atoms with E-state index in [2.05, 4.69) is 31.6 Å². The fraction of sp³-hybridized carbons (Fsp3) is 0.706. The second-order valence-corrected chi connectivity index (χ2v) is 8.02.